The van der Waals surface area contributed by atoms with E-state index >= 15 is 0 Å². The molecule has 2 nitrogen and oxygen atoms in total. The van der Waals surface area contributed by atoms with Crippen LogP contribution in [0.25, 0.3) is 0 Å². The molecule has 0 amide bonds. The number of piperazine rings is 1. The van der Waals surface area contributed by atoms with Crippen molar-refractivity contribution in [1.29, 1.82) is 0 Å². The third kappa shape index (κ3) is 2.17. The van der Waals surface area contributed by atoms with Gasteiger partial charge in [-0.3, -0.25) is 0 Å². The third-order valence-corrected chi connectivity index (χ3v) is 2.57. The lowest BCUT2D eigenvalue weighted by Crippen LogP contribution is -2.55. The highest BCUT2D eigenvalue weighted by atomic mass is 15.2. The highest BCUT2D eigenvalue weighted by Gasteiger charge is 2.24. The van der Waals surface area contributed by atoms with E-state index in [1.54, 1.807) is 0 Å². The first-order valence-electron chi connectivity index (χ1n) is 4.55. The Morgan fingerprint density at radius 1 is 1.45 bits per heavy atom. The number of hydrogen-bond acceptors (Lipinski definition) is 2. The van der Waals surface area contributed by atoms with Crippen LogP contribution in [-0.2, 0) is 0 Å². The molecule has 0 aliphatic carbocycles. The topological polar surface area (TPSA) is 15.3 Å². The number of nitrogens with zero attached hydrogens (tertiary/aromatic N) is 1. The van der Waals surface area contributed by atoms with Gasteiger partial charge in [0.1, 0.15) is 0 Å². The molecule has 1 N–H and O–H groups in total. The normalized spacial score (nSPS) is 34.6. The van der Waals surface area contributed by atoms with Gasteiger partial charge >= 0.3 is 0 Å². The Labute approximate surface area is 70.0 Å². The first-order chi connectivity index (χ1) is 5.11. The molecule has 0 unspecified atom stereocenters. The summed E-state index contributed by atoms with van der Waals surface area (Å²) in [6, 6.07) is 1.39. The van der Waals surface area contributed by atoms with Crippen molar-refractivity contribution in [3.63, 3.8) is 0 Å². The molecule has 0 bridgehead atoms. The molecular weight excluding hydrogens is 136 g/mol. The van der Waals surface area contributed by atoms with E-state index in [1.807, 2.05) is 0 Å². The molecule has 0 aromatic heterocycles. The summed E-state index contributed by atoms with van der Waals surface area (Å²) < 4.78 is 0. The summed E-state index contributed by atoms with van der Waals surface area (Å²) in [4.78, 5) is 2.46. The Kier molecular flexibility index (Phi) is 2.90. The maximum absolute atomic E-state index is 3.50. The fourth-order valence-corrected chi connectivity index (χ4v) is 1.85. The molecule has 2 heteroatoms. The predicted octanol–water partition coefficient (Wildman–Crippen LogP) is 0.935. The summed E-state index contributed by atoms with van der Waals surface area (Å²) in [5, 5.41) is 3.50. The lowest BCUT2D eigenvalue weighted by Gasteiger charge is -2.39. The molecule has 11 heavy (non-hydrogen) atoms. The molecular formula is C9H20N2. The maximum atomic E-state index is 3.50. The fourth-order valence-electron chi connectivity index (χ4n) is 1.85. The van der Waals surface area contributed by atoms with Crippen LogP contribution in [0.5, 0.6) is 0 Å². The zero-order valence-electron chi connectivity index (χ0n) is 8.09. The van der Waals surface area contributed by atoms with Crippen LogP contribution in [0, 0.1) is 5.92 Å². The SMILES string of the molecule is CC(C)[C@@H]1CN[C@H](C)CN1C. The van der Waals surface area contributed by atoms with Crippen LogP contribution in [0.15, 0.2) is 0 Å². The Balaban J connectivity index is 2.44. The molecule has 0 aromatic rings. The minimum Gasteiger partial charge on any atom is -0.311 e. The third-order valence-electron chi connectivity index (χ3n) is 2.57. The van der Waals surface area contributed by atoms with Gasteiger partial charge in [-0.2, -0.15) is 0 Å². The van der Waals surface area contributed by atoms with E-state index in [4.69, 9.17) is 0 Å². The lowest BCUT2D eigenvalue weighted by atomic mass is 10.00. The minimum absolute atomic E-state index is 0.662. The molecule has 0 aromatic carbocycles. The lowest BCUT2D eigenvalue weighted by molar-refractivity contribution is 0.133. The minimum atomic E-state index is 0.662. The van der Waals surface area contributed by atoms with Gasteiger partial charge in [0, 0.05) is 25.2 Å². The summed E-state index contributed by atoms with van der Waals surface area (Å²) >= 11 is 0. The van der Waals surface area contributed by atoms with Gasteiger partial charge < -0.3 is 10.2 Å². The van der Waals surface area contributed by atoms with Crippen LogP contribution in [0.3, 0.4) is 0 Å². The van der Waals surface area contributed by atoms with E-state index in [1.165, 1.54) is 6.54 Å². The monoisotopic (exact) mass is 156 g/mol. The summed E-state index contributed by atoms with van der Waals surface area (Å²) in [7, 11) is 2.22. The van der Waals surface area contributed by atoms with Gasteiger partial charge in [0.05, 0.1) is 0 Å². The van der Waals surface area contributed by atoms with E-state index in [-0.39, 0.29) is 0 Å². The van der Waals surface area contributed by atoms with Gasteiger partial charge in [-0.05, 0) is 19.9 Å². The number of hydrogen-bond donors (Lipinski definition) is 1. The highest BCUT2D eigenvalue weighted by Crippen LogP contribution is 2.12. The first-order valence-corrected chi connectivity index (χ1v) is 4.55. The fraction of sp³-hybridized carbons (Fsp3) is 1.00. The molecule has 1 saturated heterocycles. The molecule has 1 rings (SSSR count). The molecule has 1 aliphatic rings. The van der Waals surface area contributed by atoms with Crippen LogP contribution in [0.1, 0.15) is 20.8 Å². The zero-order valence-corrected chi connectivity index (χ0v) is 8.09. The van der Waals surface area contributed by atoms with E-state index < -0.39 is 0 Å². The second-order valence-corrected chi connectivity index (χ2v) is 4.06. The van der Waals surface area contributed by atoms with Crippen LogP contribution in [0.2, 0.25) is 0 Å². The molecule has 1 aliphatic heterocycles. The van der Waals surface area contributed by atoms with Crippen molar-refractivity contribution in [3.8, 4) is 0 Å². The Bertz CT molecular complexity index is 123. The van der Waals surface area contributed by atoms with Gasteiger partial charge in [-0.25, -0.2) is 0 Å². The van der Waals surface area contributed by atoms with Crippen LogP contribution in [0.4, 0.5) is 0 Å². The van der Waals surface area contributed by atoms with Gasteiger partial charge in [-0.15, -0.1) is 0 Å². The molecule has 66 valence electrons. The van der Waals surface area contributed by atoms with E-state index in [0.29, 0.717) is 6.04 Å². The van der Waals surface area contributed by atoms with Crippen LogP contribution < -0.4 is 5.32 Å². The molecule has 0 spiro atoms. The van der Waals surface area contributed by atoms with Crippen LogP contribution >= 0.6 is 0 Å². The predicted molar refractivity (Wildman–Crippen MR) is 48.7 cm³/mol. The van der Waals surface area contributed by atoms with Crippen molar-refractivity contribution in [2.45, 2.75) is 32.9 Å². The zero-order chi connectivity index (χ0) is 8.43. The van der Waals surface area contributed by atoms with Crippen molar-refractivity contribution in [2.24, 2.45) is 5.92 Å². The van der Waals surface area contributed by atoms with E-state index in [2.05, 4.69) is 38.0 Å². The second kappa shape index (κ2) is 3.55. The second-order valence-electron chi connectivity index (χ2n) is 4.06. The smallest absolute Gasteiger partial charge is 0.0241 e. The number of rotatable bonds is 1. The van der Waals surface area contributed by atoms with Crippen molar-refractivity contribution in [2.75, 3.05) is 20.1 Å². The Morgan fingerprint density at radius 2 is 2.09 bits per heavy atom. The van der Waals surface area contributed by atoms with E-state index in [0.717, 1.165) is 18.5 Å². The standard InChI is InChI=1S/C9H20N2/c1-7(2)9-5-10-8(3)6-11(9)4/h7-10H,5-6H2,1-4H3/t8-,9+/m1/s1. The number of likely N-dealkylation sites (N-methyl/N-ethyl adjacent to an activating group) is 1. The van der Waals surface area contributed by atoms with Crippen molar-refractivity contribution in [3.05, 3.63) is 0 Å². The van der Waals surface area contributed by atoms with Gasteiger partial charge in [-0.1, -0.05) is 13.8 Å². The molecule has 0 radical (unpaired) electrons. The Morgan fingerprint density at radius 3 is 2.55 bits per heavy atom. The molecule has 1 fully saturated rings. The van der Waals surface area contributed by atoms with E-state index in [9.17, 15) is 0 Å². The summed E-state index contributed by atoms with van der Waals surface area (Å²) in [6.07, 6.45) is 0. The number of nitrogens with one attached hydrogen (secondary N) is 1. The molecule has 0 saturated carbocycles. The molecule has 1 heterocycles. The Hall–Kier alpha value is -0.0800. The average Bonchev–Trinajstić information content (AvgIpc) is 1.85. The quantitative estimate of drug-likeness (QED) is 0.607. The van der Waals surface area contributed by atoms with Crippen LogP contribution in [-0.4, -0.2) is 37.1 Å². The maximum Gasteiger partial charge on any atom is 0.0241 e. The summed E-state index contributed by atoms with van der Waals surface area (Å²) in [6.45, 7) is 9.16. The largest absolute Gasteiger partial charge is 0.311 e. The first kappa shape index (κ1) is 9.01. The molecule has 2 atom stereocenters. The summed E-state index contributed by atoms with van der Waals surface area (Å²) in [5.74, 6) is 0.764. The van der Waals surface area contributed by atoms with Gasteiger partial charge in [0.15, 0.2) is 0 Å². The van der Waals surface area contributed by atoms with Gasteiger partial charge in [0.25, 0.3) is 0 Å². The van der Waals surface area contributed by atoms with Crippen molar-refractivity contribution < 1.29 is 0 Å². The van der Waals surface area contributed by atoms with Crippen molar-refractivity contribution >= 4 is 0 Å². The highest BCUT2D eigenvalue weighted by molar-refractivity contribution is 4.83. The average molecular weight is 156 g/mol. The summed E-state index contributed by atoms with van der Waals surface area (Å²) in [5.41, 5.74) is 0. The van der Waals surface area contributed by atoms with Crippen molar-refractivity contribution in [1.82, 2.24) is 10.2 Å². The van der Waals surface area contributed by atoms with Gasteiger partial charge in [0.2, 0.25) is 0 Å².